The molecule has 0 atom stereocenters. The van der Waals surface area contributed by atoms with Crippen LogP contribution in [-0.2, 0) is 0 Å². The van der Waals surface area contributed by atoms with Crippen LogP contribution in [0.15, 0.2) is 0 Å². The van der Waals surface area contributed by atoms with Gasteiger partial charge in [0.1, 0.15) is 0 Å². The van der Waals surface area contributed by atoms with Gasteiger partial charge in [-0.15, -0.1) is 0 Å². The van der Waals surface area contributed by atoms with Crippen molar-refractivity contribution in [2.75, 3.05) is 39.3 Å². The Bertz CT molecular complexity index is 282. The fourth-order valence-electron chi connectivity index (χ4n) is 4.57. The van der Waals surface area contributed by atoms with Crippen LogP contribution in [0.1, 0.15) is 52.4 Å². The first-order valence-corrected chi connectivity index (χ1v) is 9.13. The predicted molar refractivity (Wildman–Crippen MR) is 85.9 cm³/mol. The van der Waals surface area contributed by atoms with Gasteiger partial charge in [0.15, 0.2) is 0 Å². The monoisotopic (exact) mass is 278 g/mol. The van der Waals surface area contributed by atoms with E-state index >= 15 is 0 Å². The zero-order valence-electron chi connectivity index (χ0n) is 13.7. The van der Waals surface area contributed by atoms with E-state index in [1.165, 1.54) is 77.8 Å². The minimum atomic E-state index is 0.962. The number of hydrogen-bond acceptors (Lipinski definition) is 2. The Morgan fingerprint density at radius 1 is 0.650 bits per heavy atom. The molecule has 0 aromatic heterocycles. The maximum atomic E-state index is 2.77. The molecular weight excluding hydrogens is 244 g/mol. The highest BCUT2D eigenvalue weighted by molar-refractivity contribution is 4.82. The van der Waals surface area contributed by atoms with E-state index in [1.54, 1.807) is 0 Å². The maximum Gasteiger partial charge on any atom is 0.00195 e. The van der Waals surface area contributed by atoms with E-state index in [4.69, 9.17) is 0 Å². The van der Waals surface area contributed by atoms with Crippen LogP contribution in [0.3, 0.4) is 0 Å². The molecule has 0 aromatic carbocycles. The van der Waals surface area contributed by atoms with Gasteiger partial charge in [-0.3, -0.25) is 0 Å². The SMILES string of the molecule is CC1CCC(CN2CCC(CN3CC(C)C3)CC2)CC1. The van der Waals surface area contributed by atoms with Crippen molar-refractivity contribution in [1.82, 2.24) is 9.80 Å². The molecule has 1 aliphatic carbocycles. The second-order valence-electron chi connectivity index (χ2n) is 8.19. The van der Waals surface area contributed by atoms with Gasteiger partial charge in [-0.25, -0.2) is 0 Å². The minimum absolute atomic E-state index is 0.962. The molecule has 0 unspecified atom stereocenters. The molecule has 0 radical (unpaired) electrons. The van der Waals surface area contributed by atoms with Gasteiger partial charge in [0.2, 0.25) is 0 Å². The van der Waals surface area contributed by atoms with Gasteiger partial charge in [0, 0.05) is 26.2 Å². The first kappa shape index (κ1) is 14.8. The standard InChI is InChI=1S/C18H34N2/c1-15-3-5-17(6-4-15)13-19-9-7-18(8-10-19)14-20-11-16(2)12-20/h15-18H,3-14H2,1-2H3. The lowest BCUT2D eigenvalue weighted by molar-refractivity contribution is 0.0648. The summed E-state index contributed by atoms with van der Waals surface area (Å²) in [6, 6.07) is 0. The first-order chi connectivity index (χ1) is 9.69. The highest BCUT2D eigenvalue weighted by Gasteiger charge is 2.28. The summed E-state index contributed by atoms with van der Waals surface area (Å²) >= 11 is 0. The van der Waals surface area contributed by atoms with Gasteiger partial charge in [-0.2, -0.15) is 0 Å². The average Bonchev–Trinajstić information content (AvgIpc) is 2.42. The third kappa shape index (κ3) is 3.98. The Kier molecular flexibility index (Phi) is 5.04. The van der Waals surface area contributed by atoms with Gasteiger partial charge in [0.25, 0.3) is 0 Å². The van der Waals surface area contributed by atoms with Crippen molar-refractivity contribution >= 4 is 0 Å². The predicted octanol–water partition coefficient (Wildman–Crippen LogP) is 3.48. The van der Waals surface area contributed by atoms with Crippen molar-refractivity contribution in [1.29, 1.82) is 0 Å². The fourth-order valence-corrected chi connectivity index (χ4v) is 4.57. The molecule has 2 heteroatoms. The lowest BCUT2D eigenvalue weighted by atomic mass is 9.82. The molecule has 0 bridgehead atoms. The number of likely N-dealkylation sites (tertiary alicyclic amines) is 2. The molecule has 3 fully saturated rings. The second kappa shape index (κ2) is 6.79. The second-order valence-corrected chi connectivity index (χ2v) is 8.19. The van der Waals surface area contributed by atoms with Gasteiger partial charge < -0.3 is 9.80 Å². The molecule has 0 spiro atoms. The summed E-state index contributed by atoms with van der Waals surface area (Å²) in [5.41, 5.74) is 0. The molecule has 20 heavy (non-hydrogen) atoms. The third-order valence-electron chi connectivity index (χ3n) is 6.02. The summed E-state index contributed by atoms with van der Waals surface area (Å²) in [7, 11) is 0. The van der Waals surface area contributed by atoms with Gasteiger partial charge in [-0.05, 0) is 62.4 Å². The van der Waals surface area contributed by atoms with Gasteiger partial charge in [0.05, 0.1) is 0 Å². The zero-order valence-corrected chi connectivity index (χ0v) is 13.7. The Morgan fingerprint density at radius 3 is 1.80 bits per heavy atom. The molecule has 3 aliphatic rings. The van der Waals surface area contributed by atoms with Crippen molar-refractivity contribution in [3.63, 3.8) is 0 Å². The normalized spacial score (nSPS) is 35.1. The summed E-state index contributed by atoms with van der Waals surface area (Å²) < 4.78 is 0. The molecule has 0 amide bonds. The number of rotatable bonds is 4. The molecule has 2 heterocycles. The lowest BCUT2D eigenvalue weighted by Gasteiger charge is -2.42. The highest BCUT2D eigenvalue weighted by atomic mass is 15.2. The van der Waals surface area contributed by atoms with Crippen molar-refractivity contribution in [3.05, 3.63) is 0 Å². The molecule has 2 nitrogen and oxygen atoms in total. The topological polar surface area (TPSA) is 6.48 Å². The largest absolute Gasteiger partial charge is 0.303 e. The third-order valence-corrected chi connectivity index (χ3v) is 6.02. The van der Waals surface area contributed by atoms with Crippen LogP contribution in [0.2, 0.25) is 0 Å². The minimum Gasteiger partial charge on any atom is -0.303 e. The van der Waals surface area contributed by atoms with Crippen LogP contribution in [0.5, 0.6) is 0 Å². The average molecular weight is 278 g/mol. The molecular formula is C18H34N2. The molecule has 0 N–H and O–H groups in total. The van der Waals surface area contributed by atoms with Crippen molar-refractivity contribution in [2.45, 2.75) is 52.4 Å². The van der Waals surface area contributed by atoms with E-state index < -0.39 is 0 Å². The van der Waals surface area contributed by atoms with Crippen LogP contribution in [0.4, 0.5) is 0 Å². The number of nitrogens with zero attached hydrogens (tertiary/aromatic N) is 2. The van der Waals surface area contributed by atoms with Crippen LogP contribution >= 0.6 is 0 Å². The lowest BCUT2D eigenvalue weighted by Crippen LogP contribution is -2.49. The molecule has 2 saturated heterocycles. The van der Waals surface area contributed by atoms with Crippen LogP contribution < -0.4 is 0 Å². The summed E-state index contributed by atoms with van der Waals surface area (Å²) in [5.74, 6) is 3.96. The Hall–Kier alpha value is -0.0800. The summed E-state index contributed by atoms with van der Waals surface area (Å²) in [4.78, 5) is 5.45. The molecule has 3 rings (SSSR count). The van der Waals surface area contributed by atoms with E-state index in [0.29, 0.717) is 0 Å². The van der Waals surface area contributed by atoms with Crippen molar-refractivity contribution < 1.29 is 0 Å². The molecule has 1 saturated carbocycles. The molecule has 116 valence electrons. The summed E-state index contributed by atoms with van der Waals surface area (Å²) in [5, 5.41) is 0. The van der Waals surface area contributed by atoms with Crippen molar-refractivity contribution in [2.24, 2.45) is 23.7 Å². The van der Waals surface area contributed by atoms with E-state index in [0.717, 1.165) is 23.7 Å². The van der Waals surface area contributed by atoms with E-state index in [-0.39, 0.29) is 0 Å². The van der Waals surface area contributed by atoms with Crippen LogP contribution in [-0.4, -0.2) is 49.1 Å². The number of piperidine rings is 1. The van der Waals surface area contributed by atoms with E-state index in [9.17, 15) is 0 Å². The molecule has 2 aliphatic heterocycles. The van der Waals surface area contributed by atoms with Gasteiger partial charge >= 0.3 is 0 Å². The quantitative estimate of drug-likeness (QED) is 0.777. The fraction of sp³-hybridized carbons (Fsp3) is 1.00. The van der Waals surface area contributed by atoms with E-state index in [2.05, 4.69) is 23.6 Å². The highest BCUT2D eigenvalue weighted by Crippen LogP contribution is 2.30. The van der Waals surface area contributed by atoms with Gasteiger partial charge in [-0.1, -0.05) is 26.7 Å². The van der Waals surface area contributed by atoms with Crippen molar-refractivity contribution in [3.8, 4) is 0 Å². The van der Waals surface area contributed by atoms with Crippen LogP contribution in [0, 0.1) is 23.7 Å². The number of hydrogen-bond donors (Lipinski definition) is 0. The van der Waals surface area contributed by atoms with Crippen LogP contribution in [0.25, 0.3) is 0 Å². The summed E-state index contributed by atoms with van der Waals surface area (Å²) in [6.07, 6.45) is 8.85. The zero-order chi connectivity index (χ0) is 13.9. The van der Waals surface area contributed by atoms with E-state index in [1.807, 2.05) is 0 Å². The first-order valence-electron chi connectivity index (χ1n) is 9.13. The maximum absolute atomic E-state index is 2.77. The Morgan fingerprint density at radius 2 is 1.20 bits per heavy atom. The Labute approximate surface area is 125 Å². The molecule has 0 aromatic rings. The Balaban J connectivity index is 1.32. The summed E-state index contributed by atoms with van der Waals surface area (Å²) in [6.45, 7) is 13.1. The smallest absolute Gasteiger partial charge is 0.00195 e.